The number of hydrogen-bond acceptors (Lipinski definition) is 6. The van der Waals surface area contributed by atoms with Gasteiger partial charge in [0, 0.05) is 6.54 Å². The molecule has 0 saturated heterocycles. The predicted octanol–water partition coefficient (Wildman–Crippen LogP) is 2.87. The predicted molar refractivity (Wildman–Crippen MR) is 87.1 cm³/mol. The summed E-state index contributed by atoms with van der Waals surface area (Å²) in [5, 5.41) is 3.26. The fourth-order valence-corrected chi connectivity index (χ4v) is 2.40. The van der Waals surface area contributed by atoms with Crippen molar-refractivity contribution in [2.75, 3.05) is 13.7 Å². The zero-order valence-corrected chi connectivity index (χ0v) is 13.3. The smallest absolute Gasteiger partial charge is 0.407 e. The molecule has 1 aromatic heterocycles. The van der Waals surface area contributed by atoms with Crippen LogP contribution in [0.1, 0.15) is 20.2 Å². The molecule has 0 radical (unpaired) electrons. The number of thiazole rings is 1. The molecule has 0 spiro atoms. The van der Waals surface area contributed by atoms with E-state index in [4.69, 9.17) is 4.74 Å². The van der Waals surface area contributed by atoms with Crippen molar-refractivity contribution in [1.82, 2.24) is 10.3 Å². The zero-order chi connectivity index (χ0) is 16.5. The summed E-state index contributed by atoms with van der Waals surface area (Å²) in [5.41, 5.74) is 0.927. The van der Waals surface area contributed by atoms with Crippen LogP contribution in [0.25, 0.3) is 6.08 Å². The molecule has 0 saturated carbocycles. The van der Waals surface area contributed by atoms with Crippen LogP contribution in [0.3, 0.4) is 0 Å². The molecule has 2 aromatic rings. The Hall–Kier alpha value is -2.67. The number of benzene rings is 1. The summed E-state index contributed by atoms with van der Waals surface area (Å²) in [4.78, 5) is 27.3. The molecular weight excluding hydrogens is 316 g/mol. The van der Waals surface area contributed by atoms with E-state index in [-0.39, 0.29) is 6.61 Å². The maximum atomic E-state index is 11.5. The van der Waals surface area contributed by atoms with E-state index in [2.05, 4.69) is 15.0 Å². The molecule has 0 unspecified atom stereocenters. The van der Waals surface area contributed by atoms with Crippen LogP contribution in [0.15, 0.2) is 42.6 Å². The van der Waals surface area contributed by atoms with E-state index in [1.165, 1.54) is 24.6 Å². The third-order valence-electron chi connectivity index (χ3n) is 2.75. The number of methoxy groups -OCH3 is 1. The number of ether oxygens (including phenoxy) is 2. The number of esters is 1. The molecule has 1 amide bonds. The van der Waals surface area contributed by atoms with Gasteiger partial charge in [0.1, 0.15) is 16.5 Å². The van der Waals surface area contributed by atoms with Crippen molar-refractivity contribution in [3.8, 4) is 0 Å². The van der Waals surface area contributed by atoms with E-state index in [0.717, 1.165) is 5.56 Å². The van der Waals surface area contributed by atoms with Gasteiger partial charge in [0.05, 0.1) is 13.3 Å². The van der Waals surface area contributed by atoms with Crippen LogP contribution in [0.5, 0.6) is 0 Å². The van der Waals surface area contributed by atoms with Crippen LogP contribution in [-0.4, -0.2) is 30.7 Å². The number of alkyl carbamates (subject to hydrolysis) is 1. The number of carbonyl (C=O) groups excluding carboxylic acids is 2. The summed E-state index contributed by atoms with van der Waals surface area (Å²) in [5.74, 6) is -0.412. The fourth-order valence-electron chi connectivity index (χ4n) is 1.64. The van der Waals surface area contributed by atoms with E-state index < -0.39 is 12.1 Å². The molecule has 1 N–H and O–H groups in total. The molecule has 0 fully saturated rings. The van der Waals surface area contributed by atoms with Gasteiger partial charge in [0.15, 0.2) is 0 Å². The first kappa shape index (κ1) is 16.7. The highest BCUT2D eigenvalue weighted by Crippen LogP contribution is 2.14. The minimum Gasteiger partial charge on any atom is -0.465 e. The normalized spacial score (nSPS) is 10.5. The first-order chi connectivity index (χ1) is 11.2. The van der Waals surface area contributed by atoms with Gasteiger partial charge in [-0.2, -0.15) is 0 Å². The molecule has 0 aliphatic carbocycles. The summed E-state index contributed by atoms with van der Waals surface area (Å²) in [7, 11) is 1.32. The largest absolute Gasteiger partial charge is 0.465 e. The van der Waals surface area contributed by atoms with E-state index >= 15 is 0 Å². The number of nitrogens with one attached hydrogen (secondary N) is 1. The molecule has 0 atom stereocenters. The van der Waals surface area contributed by atoms with Gasteiger partial charge < -0.3 is 14.8 Å². The van der Waals surface area contributed by atoms with Crippen LogP contribution in [0.4, 0.5) is 4.79 Å². The maximum absolute atomic E-state index is 11.5. The Morgan fingerprint density at radius 3 is 2.83 bits per heavy atom. The Balaban J connectivity index is 1.70. The van der Waals surface area contributed by atoms with Gasteiger partial charge in [0.25, 0.3) is 0 Å². The van der Waals surface area contributed by atoms with Crippen LogP contribution >= 0.6 is 11.3 Å². The lowest BCUT2D eigenvalue weighted by Gasteiger charge is -2.04. The van der Waals surface area contributed by atoms with E-state index in [1.54, 1.807) is 12.2 Å². The number of rotatable bonds is 6. The second-order valence-electron chi connectivity index (χ2n) is 4.40. The molecule has 1 heterocycles. The Morgan fingerprint density at radius 2 is 2.09 bits per heavy atom. The van der Waals surface area contributed by atoms with Crippen molar-refractivity contribution >= 4 is 29.5 Å². The number of aromatic nitrogens is 1. The van der Waals surface area contributed by atoms with Crippen LogP contribution in [-0.2, 0) is 16.1 Å². The molecular formula is C16H16N2O4S. The standard InChI is InChI=1S/C16H16N2O4S/c1-21-15(19)13-10-18-14(23-13)8-5-9-17-16(20)22-11-12-6-3-2-4-7-12/h2-8,10H,9,11H2,1H3,(H,17,20). The number of nitrogens with zero attached hydrogens (tertiary/aromatic N) is 1. The highest BCUT2D eigenvalue weighted by Gasteiger charge is 2.08. The highest BCUT2D eigenvalue weighted by molar-refractivity contribution is 7.14. The van der Waals surface area contributed by atoms with Crippen molar-refractivity contribution < 1.29 is 19.1 Å². The summed E-state index contributed by atoms with van der Waals surface area (Å²) < 4.78 is 9.68. The second-order valence-corrected chi connectivity index (χ2v) is 5.46. The van der Waals surface area contributed by atoms with Crippen molar-refractivity contribution in [3.63, 3.8) is 0 Å². The fraction of sp³-hybridized carbons (Fsp3) is 0.188. The second kappa shape index (κ2) is 8.70. The summed E-state index contributed by atoms with van der Waals surface area (Å²) >= 11 is 1.22. The molecule has 0 bridgehead atoms. The molecule has 120 valence electrons. The first-order valence-electron chi connectivity index (χ1n) is 6.84. The molecule has 7 heteroatoms. The number of carbonyl (C=O) groups is 2. The molecule has 0 aliphatic rings. The van der Waals surface area contributed by atoms with Gasteiger partial charge >= 0.3 is 12.1 Å². The minimum atomic E-state index is -0.493. The molecule has 6 nitrogen and oxygen atoms in total. The van der Waals surface area contributed by atoms with Crippen LogP contribution in [0, 0.1) is 0 Å². The van der Waals surface area contributed by atoms with Crippen LogP contribution < -0.4 is 5.32 Å². The molecule has 23 heavy (non-hydrogen) atoms. The van der Waals surface area contributed by atoms with E-state index in [1.807, 2.05) is 30.3 Å². The Labute approximate surface area is 137 Å². The van der Waals surface area contributed by atoms with E-state index in [9.17, 15) is 9.59 Å². The highest BCUT2D eigenvalue weighted by atomic mass is 32.1. The average Bonchev–Trinajstić information content (AvgIpc) is 3.06. The van der Waals surface area contributed by atoms with Gasteiger partial charge in [-0.25, -0.2) is 14.6 Å². The number of amides is 1. The van der Waals surface area contributed by atoms with Crippen molar-refractivity contribution in [2.24, 2.45) is 0 Å². The monoisotopic (exact) mass is 332 g/mol. The van der Waals surface area contributed by atoms with Gasteiger partial charge in [-0.05, 0) is 11.6 Å². The summed E-state index contributed by atoms with van der Waals surface area (Å²) in [6.45, 7) is 0.534. The zero-order valence-electron chi connectivity index (χ0n) is 12.5. The molecule has 0 aliphatic heterocycles. The van der Waals surface area contributed by atoms with Gasteiger partial charge in [0.2, 0.25) is 0 Å². The number of hydrogen-bond donors (Lipinski definition) is 1. The summed E-state index contributed by atoms with van der Waals surface area (Å²) in [6.07, 6.45) is 4.41. The third kappa shape index (κ3) is 5.55. The van der Waals surface area contributed by atoms with Crippen molar-refractivity contribution in [1.29, 1.82) is 0 Å². The molecule has 2 rings (SSSR count). The summed E-state index contributed by atoms with van der Waals surface area (Å²) in [6, 6.07) is 9.44. The Bertz CT molecular complexity index is 682. The lowest BCUT2D eigenvalue weighted by Crippen LogP contribution is -2.24. The maximum Gasteiger partial charge on any atom is 0.407 e. The van der Waals surface area contributed by atoms with E-state index in [0.29, 0.717) is 16.4 Å². The molecule has 1 aromatic carbocycles. The van der Waals surface area contributed by atoms with Crippen molar-refractivity contribution in [2.45, 2.75) is 6.61 Å². The minimum absolute atomic E-state index is 0.228. The van der Waals surface area contributed by atoms with Gasteiger partial charge in [-0.3, -0.25) is 0 Å². The van der Waals surface area contributed by atoms with Gasteiger partial charge in [-0.15, -0.1) is 11.3 Å². The average molecular weight is 332 g/mol. The third-order valence-corrected chi connectivity index (χ3v) is 3.69. The Kier molecular flexibility index (Phi) is 6.31. The quantitative estimate of drug-likeness (QED) is 0.823. The van der Waals surface area contributed by atoms with Gasteiger partial charge in [-0.1, -0.05) is 36.4 Å². The topological polar surface area (TPSA) is 77.5 Å². The lowest BCUT2D eigenvalue weighted by atomic mass is 10.2. The lowest BCUT2D eigenvalue weighted by molar-refractivity contribution is 0.0606. The van der Waals surface area contributed by atoms with Crippen LogP contribution in [0.2, 0.25) is 0 Å². The Morgan fingerprint density at radius 1 is 1.30 bits per heavy atom. The first-order valence-corrected chi connectivity index (χ1v) is 7.66. The van der Waals surface area contributed by atoms with Crippen molar-refractivity contribution in [3.05, 3.63) is 58.1 Å². The SMILES string of the molecule is COC(=O)c1cnc(C=CCNC(=O)OCc2ccccc2)s1.